The summed E-state index contributed by atoms with van der Waals surface area (Å²) in [5, 5.41) is 15.8. The maximum absolute atomic E-state index is 12.3. The molecule has 1 aliphatic heterocycles. The summed E-state index contributed by atoms with van der Waals surface area (Å²) in [7, 11) is -3.43. The van der Waals surface area contributed by atoms with Crippen LogP contribution in [0.2, 0.25) is 0 Å². The predicted molar refractivity (Wildman–Crippen MR) is 112 cm³/mol. The van der Waals surface area contributed by atoms with Crippen molar-refractivity contribution in [2.24, 2.45) is 0 Å². The zero-order valence-electron chi connectivity index (χ0n) is 16.5. The third kappa shape index (κ3) is 6.37. The molecule has 0 aromatic heterocycles. The van der Waals surface area contributed by atoms with E-state index in [4.69, 9.17) is 5.11 Å². The summed E-state index contributed by atoms with van der Waals surface area (Å²) in [4.78, 5) is 10.9. The van der Waals surface area contributed by atoms with Gasteiger partial charge in [-0.15, -0.1) is 0 Å². The Morgan fingerprint density at radius 2 is 1.76 bits per heavy atom. The van der Waals surface area contributed by atoms with E-state index < -0.39 is 16.0 Å². The minimum Gasteiger partial charge on any atom is -0.481 e. The first kappa shape index (κ1) is 21.4. The first-order chi connectivity index (χ1) is 13.8. The molecule has 29 heavy (non-hydrogen) atoms. The number of carboxylic acids is 1. The number of hydrogen-bond donors (Lipinski definition) is 3. The number of carboxylic acid groups (broad SMARTS) is 1. The zero-order chi connectivity index (χ0) is 20.9. The highest BCUT2D eigenvalue weighted by Gasteiger charge is 2.19. The lowest BCUT2D eigenvalue weighted by Gasteiger charge is -2.25. The molecule has 2 aromatic carbocycles. The number of benzene rings is 2. The Labute approximate surface area is 171 Å². The van der Waals surface area contributed by atoms with Crippen LogP contribution < -0.4 is 10.6 Å². The Hall–Kier alpha value is -2.26. The van der Waals surface area contributed by atoms with Crippen LogP contribution in [0.5, 0.6) is 0 Å². The van der Waals surface area contributed by atoms with E-state index in [-0.39, 0.29) is 25.6 Å². The number of hydrogen-bond acceptors (Lipinski definition) is 5. The molecule has 8 heteroatoms. The maximum atomic E-state index is 12.3. The number of nitrogens with zero attached hydrogens (tertiary/aromatic N) is 1. The van der Waals surface area contributed by atoms with E-state index in [1.54, 1.807) is 18.2 Å². The van der Waals surface area contributed by atoms with Gasteiger partial charge in [-0.3, -0.25) is 4.79 Å². The molecule has 0 bridgehead atoms. The van der Waals surface area contributed by atoms with Crippen LogP contribution in [0.25, 0.3) is 0 Å². The standard InChI is InChI=1S/C21H27N3O4S/c1-29(27,28)24(15-18-4-2-3-17(11-18)12-21(25)26)14-16-5-7-19(8-6-16)20-13-22-9-10-23-20/h2-8,11,20,22-23H,9-10,12-15H2,1H3,(H,25,26). The number of rotatable bonds is 8. The molecule has 1 heterocycles. The van der Waals surface area contributed by atoms with Crippen LogP contribution in [0.15, 0.2) is 48.5 Å². The van der Waals surface area contributed by atoms with E-state index in [9.17, 15) is 13.2 Å². The maximum Gasteiger partial charge on any atom is 0.307 e. The molecule has 2 aromatic rings. The van der Waals surface area contributed by atoms with Gasteiger partial charge in [0.05, 0.1) is 12.7 Å². The molecule has 0 aliphatic carbocycles. The molecular weight excluding hydrogens is 390 g/mol. The molecule has 3 rings (SSSR count). The highest BCUT2D eigenvalue weighted by atomic mass is 32.2. The second kappa shape index (κ2) is 9.49. The number of carbonyl (C=O) groups is 1. The van der Waals surface area contributed by atoms with E-state index in [0.717, 1.165) is 30.8 Å². The van der Waals surface area contributed by atoms with Gasteiger partial charge in [-0.25, -0.2) is 8.42 Å². The van der Waals surface area contributed by atoms with Crippen molar-refractivity contribution in [3.05, 3.63) is 70.8 Å². The molecule has 1 saturated heterocycles. The number of sulfonamides is 1. The minimum absolute atomic E-state index is 0.0851. The molecular formula is C21H27N3O4S. The van der Waals surface area contributed by atoms with Crippen LogP contribution in [-0.4, -0.2) is 49.7 Å². The fourth-order valence-corrected chi connectivity index (χ4v) is 4.22. The Morgan fingerprint density at radius 3 is 2.38 bits per heavy atom. The van der Waals surface area contributed by atoms with Crippen molar-refractivity contribution in [2.75, 3.05) is 25.9 Å². The molecule has 1 unspecified atom stereocenters. The smallest absolute Gasteiger partial charge is 0.307 e. The molecule has 1 aliphatic rings. The van der Waals surface area contributed by atoms with E-state index in [0.29, 0.717) is 5.56 Å². The second-order valence-electron chi connectivity index (χ2n) is 7.37. The van der Waals surface area contributed by atoms with E-state index in [2.05, 4.69) is 10.6 Å². The average Bonchev–Trinajstić information content (AvgIpc) is 2.68. The third-order valence-electron chi connectivity index (χ3n) is 4.96. The summed E-state index contributed by atoms with van der Waals surface area (Å²) < 4.78 is 26.1. The Balaban J connectivity index is 1.72. The molecule has 0 saturated carbocycles. The van der Waals surface area contributed by atoms with Gasteiger partial charge < -0.3 is 15.7 Å². The van der Waals surface area contributed by atoms with Gasteiger partial charge in [-0.2, -0.15) is 4.31 Å². The van der Waals surface area contributed by atoms with Gasteiger partial charge in [0.25, 0.3) is 0 Å². The lowest BCUT2D eigenvalue weighted by molar-refractivity contribution is -0.136. The molecule has 0 amide bonds. The molecule has 0 radical (unpaired) electrons. The number of piperazine rings is 1. The van der Waals surface area contributed by atoms with Crippen molar-refractivity contribution in [1.29, 1.82) is 0 Å². The van der Waals surface area contributed by atoms with E-state index in [1.165, 1.54) is 16.1 Å². The summed E-state index contributed by atoms with van der Waals surface area (Å²) in [5.41, 5.74) is 3.50. The van der Waals surface area contributed by atoms with Gasteiger partial charge >= 0.3 is 5.97 Å². The highest BCUT2D eigenvalue weighted by molar-refractivity contribution is 7.88. The average molecular weight is 418 g/mol. The summed E-state index contributed by atoms with van der Waals surface area (Å²) in [6.07, 6.45) is 1.11. The monoisotopic (exact) mass is 417 g/mol. The summed E-state index contributed by atoms with van der Waals surface area (Å²) in [6, 6.07) is 15.3. The normalized spacial score (nSPS) is 17.4. The third-order valence-corrected chi connectivity index (χ3v) is 6.15. The van der Waals surface area contributed by atoms with Crippen LogP contribution in [-0.2, 0) is 34.3 Å². The molecule has 7 nitrogen and oxygen atoms in total. The van der Waals surface area contributed by atoms with Crippen LogP contribution >= 0.6 is 0 Å². The van der Waals surface area contributed by atoms with Crippen molar-refractivity contribution in [3.63, 3.8) is 0 Å². The summed E-state index contributed by atoms with van der Waals surface area (Å²) in [6.45, 7) is 3.23. The van der Waals surface area contributed by atoms with Gasteiger partial charge in [-0.05, 0) is 22.3 Å². The topological polar surface area (TPSA) is 98.7 Å². The number of nitrogens with one attached hydrogen (secondary N) is 2. The lowest BCUT2D eigenvalue weighted by Crippen LogP contribution is -2.42. The predicted octanol–water partition coefficient (Wildman–Crippen LogP) is 1.51. The zero-order valence-corrected chi connectivity index (χ0v) is 17.3. The van der Waals surface area contributed by atoms with Crippen LogP contribution in [0.4, 0.5) is 0 Å². The largest absolute Gasteiger partial charge is 0.481 e. The van der Waals surface area contributed by atoms with Crippen molar-refractivity contribution < 1.29 is 18.3 Å². The van der Waals surface area contributed by atoms with Crippen molar-refractivity contribution in [2.45, 2.75) is 25.6 Å². The van der Waals surface area contributed by atoms with E-state index in [1.807, 2.05) is 30.3 Å². The molecule has 0 spiro atoms. The lowest BCUT2D eigenvalue weighted by atomic mass is 10.0. The fraction of sp³-hybridized carbons (Fsp3) is 0.381. The van der Waals surface area contributed by atoms with Crippen molar-refractivity contribution in [3.8, 4) is 0 Å². The first-order valence-corrected chi connectivity index (χ1v) is 11.4. The van der Waals surface area contributed by atoms with Crippen molar-refractivity contribution in [1.82, 2.24) is 14.9 Å². The molecule has 1 fully saturated rings. The quantitative estimate of drug-likeness (QED) is 0.602. The van der Waals surface area contributed by atoms with E-state index >= 15 is 0 Å². The summed E-state index contributed by atoms with van der Waals surface area (Å²) >= 11 is 0. The SMILES string of the molecule is CS(=O)(=O)N(Cc1ccc(C2CNCCN2)cc1)Cc1cccc(CC(=O)O)c1. The van der Waals surface area contributed by atoms with Crippen molar-refractivity contribution >= 4 is 16.0 Å². The van der Waals surface area contributed by atoms with Gasteiger partial charge in [0.15, 0.2) is 0 Å². The van der Waals surface area contributed by atoms with Gasteiger partial charge in [0, 0.05) is 38.8 Å². The van der Waals surface area contributed by atoms with Crippen LogP contribution in [0.1, 0.15) is 28.3 Å². The molecule has 1 atom stereocenters. The number of aliphatic carboxylic acids is 1. The van der Waals surface area contributed by atoms with Crippen LogP contribution in [0.3, 0.4) is 0 Å². The Kier molecular flexibility index (Phi) is 7.02. The van der Waals surface area contributed by atoms with Gasteiger partial charge in [0.2, 0.25) is 10.0 Å². The Bertz CT molecular complexity index is 939. The first-order valence-electron chi connectivity index (χ1n) is 9.59. The second-order valence-corrected chi connectivity index (χ2v) is 9.36. The summed E-state index contributed by atoms with van der Waals surface area (Å²) in [5.74, 6) is -0.912. The van der Waals surface area contributed by atoms with Gasteiger partial charge in [-0.1, -0.05) is 48.5 Å². The fourth-order valence-electron chi connectivity index (χ4n) is 3.45. The Morgan fingerprint density at radius 1 is 1.07 bits per heavy atom. The minimum atomic E-state index is -3.43. The molecule has 3 N–H and O–H groups in total. The van der Waals surface area contributed by atoms with Gasteiger partial charge in [0.1, 0.15) is 0 Å². The molecule has 156 valence electrons. The van der Waals surface area contributed by atoms with Crippen LogP contribution in [0, 0.1) is 0 Å². The highest BCUT2D eigenvalue weighted by Crippen LogP contribution is 2.18.